The molecule has 0 aromatic heterocycles. The van der Waals surface area contributed by atoms with Gasteiger partial charge in [-0.1, -0.05) is 80.3 Å². The predicted molar refractivity (Wildman–Crippen MR) is 146 cm³/mol. The van der Waals surface area contributed by atoms with Gasteiger partial charge >= 0.3 is 0 Å². The minimum Gasteiger partial charge on any atom is -0.294 e. The Morgan fingerprint density at radius 2 is 1.06 bits per heavy atom. The third-order valence-corrected chi connectivity index (χ3v) is 8.49. The quantitative estimate of drug-likeness (QED) is 0.300. The van der Waals surface area contributed by atoms with E-state index in [1.165, 1.54) is 64.5 Å². The second-order valence-electron chi connectivity index (χ2n) is 10.7. The summed E-state index contributed by atoms with van der Waals surface area (Å²) in [6.07, 6.45) is 11.2. The zero-order valence-electron chi connectivity index (χ0n) is 21.7. The normalized spacial score (nSPS) is 19.1. The highest BCUT2D eigenvalue weighted by Crippen LogP contribution is 2.43. The van der Waals surface area contributed by atoms with Crippen LogP contribution < -0.4 is 0 Å². The molecule has 186 valence electrons. The number of fused-ring (bicyclic) bond motifs is 2. The number of rotatable bonds is 2. The van der Waals surface area contributed by atoms with Gasteiger partial charge in [0.15, 0.2) is 11.6 Å². The summed E-state index contributed by atoms with van der Waals surface area (Å²) < 4.78 is 0. The fraction of sp³-hybridized carbons (Fsp3) is 0.394. The number of piperidine rings is 1. The van der Waals surface area contributed by atoms with E-state index in [-0.39, 0.29) is 11.6 Å². The summed E-state index contributed by atoms with van der Waals surface area (Å²) >= 11 is 0. The van der Waals surface area contributed by atoms with E-state index in [4.69, 9.17) is 0 Å². The van der Waals surface area contributed by atoms with Gasteiger partial charge in [-0.2, -0.15) is 0 Å². The molecule has 1 saturated heterocycles. The summed E-state index contributed by atoms with van der Waals surface area (Å²) in [4.78, 5) is 27.5. The molecule has 0 unspecified atom stereocenters. The second-order valence-corrected chi connectivity index (χ2v) is 10.7. The first-order valence-electron chi connectivity index (χ1n) is 13.6. The average molecular weight is 480 g/mol. The Bertz CT molecular complexity index is 1190. The molecule has 2 aliphatic carbocycles. The standard InChI is InChI=1S/C17H25N.C16H12O2/c1-4-10-16(11-5-1)17(12-6-2-7-13-17)18-14-8-3-9-15-18;1-9-7-13-14(8-10(9)2)16(18)12-6-4-3-5-11(12)15(13)17/h1,4-5,10-11H,2-3,6-9,12-15H2;3-8H,1-2H3. The van der Waals surface area contributed by atoms with E-state index >= 15 is 0 Å². The van der Waals surface area contributed by atoms with Crippen molar-refractivity contribution in [2.45, 2.75) is 70.8 Å². The van der Waals surface area contributed by atoms with Crippen molar-refractivity contribution in [1.29, 1.82) is 0 Å². The number of nitrogens with zero attached hydrogens (tertiary/aromatic N) is 1. The molecule has 0 amide bonds. The lowest BCUT2D eigenvalue weighted by Gasteiger charge is -2.48. The molecular weight excluding hydrogens is 442 g/mol. The van der Waals surface area contributed by atoms with Crippen molar-refractivity contribution < 1.29 is 9.59 Å². The van der Waals surface area contributed by atoms with Crippen LogP contribution in [0.2, 0.25) is 0 Å². The van der Waals surface area contributed by atoms with Crippen LogP contribution in [0.4, 0.5) is 0 Å². The van der Waals surface area contributed by atoms with Crippen LogP contribution in [0.5, 0.6) is 0 Å². The minimum atomic E-state index is -0.0525. The van der Waals surface area contributed by atoms with Gasteiger partial charge < -0.3 is 0 Å². The highest BCUT2D eigenvalue weighted by molar-refractivity contribution is 6.28. The lowest BCUT2D eigenvalue weighted by molar-refractivity contribution is 0.0303. The van der Waals surface area contributed by atoms with Gasteiger partial charge in [-0.05, 0) is 81.4 Å². The van der Waals surface area contributed by atoms with Crippen LogP contribution in [0.1, 0.15) is 99.9 Å². The van der Waals surface area contributed by atoms with Crippen LogP contribution in [0, 0.1) is 13.8 Å². The van der Waals surface area contributed by atoms with E-state index in [0.717, 1.165) is 11.1 Å². The SMILES string of the molecule is Cc1cc2c(cc1C)C(=O)c1ccccc1C2=O.c1ccc(C2(N3CCCCC3)CCCCC2)cc1. The lowest BCUT2D eigenvalue weighted by atomic mass is 9.74. The highest BCUT2D eigenvalue weighted by atomic mass is 16.1. The summed E-state index contributed by atoms with van der Waals surface area (Å²) in [5.41, 5.74) is 6.11. The molecule has 3 aromatic carbocycles. The first-order valence-corrected chi connectivity index (χ1v) is 13.6. The minimum absolute atomic E-state index is 0.0525. The van der Waals surface area contributed by atoms with Crippen molar-refractivity contribution in [3.63, 3.8) is 0 Å². The van der Waals surface area contributed by atoms with E-state index in [2.05, 4.69) is 35.2 Å². The molecule has 0 atom stereocenters. The summed E-state index contributed by atoms with van der Waals surface area (Å²) in [5.74, 6) is -0.105. The van der Waals surface area contributed by atoms with Crippen LogP contribution in [0.15, 0.2) is 66.7 Å². The Labute approximate surface area is 215 Å². The van der Waals surface area contributed by atoms with Gasteiger partial charge in [0.1, 0.15) is 0 Å². The fourth-order valence-electron chi connectivity index (χ4n) is 6.36. The van der Waals surface area contributed by atoms with E-state index in [1.807, 2.05) is 26.0 Å². The third kappa shape index (κ3) is 4.57. The molecule has 3 aromatic rings. The Morgan fingerprint density at radius 3 is 1.58 bits per heavy atom. The molecule has 1 aliphatic heterocycles. The highest BCUT2D eigenvalue weighted by Gasteiger charge is 2.39. The van der Waals surface area contributed by atoms with Gasteiger partial charge in [0.05, 0.1) is 0 Å². The molecule has 1 saturated carbocycles. The molecule has 0 radical (unpaired) electrons. The maximum atomic E-state index is 12.4. The van der Waals surface area contributed by atoms with Gasteiger partial charge in [-0.3, -0.25) is 14.5 Å². The van der Waals surface area contributed by atoms with E-state index in [0.29, 0.717) is 27.8 Å². The first-order chi connectivity index (χ1) is 17.5. The van der Waals surface area contributed by atoms with Crippen molar-refractivity contribution in [3.8, 4) is 0 Å². The Balaban J connectivity index is 0.000000148. The first kappa shape index (κ1) is 24.6. The molecule has 0 bridgehead atoms. The molecule has 36 heavy (non-hydrogen) atoms. The largest absolute Gasteiger partial charge is 0.294 e. The monoisotopic (exact) mass is 479 g/mol. The Kier molecular flexibility index (Phi) is 7.20. The van der Waals surface area contributed by atoms with Gasteiger partial charge in [0.25, 0.3) is 0 Å². The molecule has 3 nitrogen and oxygen atoms in total. The van der Waals surface area contributed by atoms with E-state index < -0.39 is 0 Å². The van der Waals surface area contributed by atoms with Crippen LogP contribution in [-0.4, -0.2) is 29.6 Å². The van der Waals surface area contributed by atoms with Gasteiger partial charge in [0, 0.05) is 27.8 Å². The Morgan fingerprint density at radius 1 is 0.583 bits per heavy atom. The van der Waals surface area contributed by atoms with Crippen molar-refractivity contribution in [1.82, 2.24) is 4.90 Å². The van der Waals surface area contributed by atoms with Crippen LogP contribution >= 0.6 is 0 Å². The van der Waals surface area contributed by atoms with Crippen molar-refractivity contribution in [3.05, 3.63) is 106 Å². The van der Waals surface area contributed by atoms with Crippen molar-refractivity contribution in [2.24, 2.45) is 0 Å². The smallest absolute Gasteiger partial charge is 0.194 e. The van der Waals surface area contributed by atoms with Crippen LogP contribution in [-0.2, 0) is 5.54 Å². The number of likely N-dealkylation sites (tertiary alicyclic amines) is 1. The molecule has 6 rings (SSSR count). The zero-order valence-corrected chi connectivity index (χ0v) is 21.7. The van der Waals surface area contributed by atoms with Crippen LogP contribution in [0.25, 0.3) is 0 Å². The maximum Gasteiger partial charge on any atom is 0.194 e. The van der Waals surface area contributed by atoms with Crippen molar-refractivity contribution >= 4 is 11.6 Å². The van der Waals surface area contributed by atoms with Gasteiger partial charge in [-0.25, -0.2) is 0 Å². The third-order valence-electron chi connectivity index (χ3n) is 8.49. The molecule has 0 spiro atoms. The molecule has 1 heterocycles. The number of ketones is 2. The van der Waals surface area contributed by atoms with Gasteiger partial charge in [-0.15, -0.1) is 0 Å². The topological polar surface area (TPSA) is 37.4 Å². The molecule has 3 heteroatoms. The summed E-state index contributed by atoms with van der Waals surface area (Å²) in [7, 11) is 0. The fourth-order valence-corrected chi connectivity index (χ4v) is 6.36. The molecule has 0 N–H and O–H groups in total. The lowest BCUT2D eigenvalue weighted by Crippen LogP contribution is -2.49. The number of hydrogen-bond acceptors (Lipinski definition) is 3. The number of hydrogen-bond donors (Lipinski definition) is 0. The van der Waals surface area contributed by atoms with E-state index in [9.17, 15) is 9.59 Å². The summed E-state index contributed by atoms with van der Waals surface area (Å²) in [6.45, 7) is 6.53. The maximum absolute atomic E-state index is 12.4. The Hall–Kier alpha value is -3.04. The van der Waals surface area contributed by atoms with Crippen molar-refractivity contribution in [2.75, 3.05) is 13.1 Å². The molecular formula is C33H37NO2. The number of carbonyl (C=O) groups is 2. The second kappa shape index (κ2) is 10.5. The summed E-state index contributed by atoms with van der Waals surface area (Å²) in [5, 5.41) is 0. The number of aryl methyl sites for hydroxylation is 2. The number of carbonyl (C=O) groups excluding carboxylic acids is 2. The number of benzene rings is 3. The van der Waals surface area contributed by atoms with E-state index in [1.54, 1.807) is 29.8 Å². The van der Waals surface area contributed by atoms with Crippen LogP contribution in [0.3, 0.4) is 0 Å². The predicted octanol–water partition coefficient (Wildman–Crippen LogP) is 7.41. The van der Waals surface area contributed by atoms with Gasteiger partial charge in [0.2, 0.25) is 0 Å². The molecule has 2 fully saturated rings. The average Bonchev–Trinajstić information content (AvgIpc) is 2.94. The zero-order chi connectivity index (χ0) is 25.1. The molecule has 3 aliphatic rings. The summed E-state index contributed by atoms with van der Waals surface area (Å²) in [6, 6.07) is 22.0.